The lowest BCUT2D eigenvalue weighted by Crippen LogP contribution is -2.50. The molecule has 3 rings (SSSR count). The first-order chi connectivity index (χ1) is 15.8. The average Bonchev–Trinajstić information content (AvgIpc) is 2.79. The molecule has 0 aromatic heterocycles. The van der Waals surface area contributed by atoms with Crippen LogP contribution in [-0.2, 0) is 14.8 Å². The Morgan fingerprint density at radius 1 is 1.12 bits per heavy atom. The highest BCUT2D eigenvalue weighted by Crippen LogP contribution is 2.19. The summed E-state index contributed by atoms with van der Waals surface area (Å²) in [6.45, 7) is 3.44. The van der Waals surface area contributed by atoms with Crippen molar-refractivity contribution in [2.75, 3.05) is 32.7 Å². The van der Waals surface area contributed by atoms with E-state index in [4.69, 9.17) is 0 Å². The minimum absolute atomic E-state index is 0.0188. The maximum atomic E-state index is 12.8. The minimum Gasteiger partial charge on any atom is -0.292 e. The zero-order chi connectivity index (χ0) is 23.8. The summed E-state index contributed by atoms with van der Waals surface area (Å²) in [5.74, 6) is -0.333. The lowest BCUT2D eigenvalue weighted by Gasteiger charge is -2.33. The predicted octanol–water partition coefficient (Wildman–Crippen LogP) is 2.02. The predicted molar refractivity (Wildman–Crippen MR) is 125 cm³/mol. The zero-order valence-electron chi connectivity index (χ0n) is 18.1. The molecule has 1 saturated heterocycles. The van der Waals surface area contributed by atoms with Crippen LogP contribution in [0.1, 0.15) is 11.1 Å². The van der Waals surface area contributed by atoms with Gasteiger partial charge in [-0.25, -0.2) is 13.8 Å². The second-order valence-electron chi connectivity index (χ2n) is 7.48. The first kappa shape index (κ1) is 24.2. The van der Waals surface area contributed by atoms with Crippen LogP contribution in [0, 0.1) is 17.0 Å². The Labute approximate surface area is 192 Å². The van der Waals surface area contributed by atoms with Crippen LogP contribution in [0.5, 0.6) is 0 Å². The number of carbonyl (C=O) groups is 1. The maximum absolute atomic E-state index is 12.8. The van der Waals surface area contributed by atoms with Crippen LogP contribution in [0.15, 0.2) is 64.6 Å². The number of nitro benzene ring substituents is 1. The monoisotopic (exact) mass is 471 g/mol. The molecule has 2 aromatic rings. The minimum atomic E-state index is -3.55. The normalized spacial score (nSPS) is 15.8. The molecule has 1 aliphatic heterocycles. The first-order valence-electron chi connectivity index (χ1n) is 10.3. The molecule has 0 bridgehead atoms. The highest BCUT2D eigenvalue weighted by Gasteiger charge is 2.28. The van der Waals surface area contributed by atoms with E-state index in [0.717, 1.165) is 5.56 Å². The molecular formula is C22H25N5O5S. The third-order valence-corrected chi connectivity index (χ3v) is 7.03. The highest BCUT2D eigenvalue weighted by atomic mass is 32.2. The molecule has 1 aliphatic rings. The molecule has 174 valence electrons. The van der Waals surface area contributed by atoms with Crippen LogP contribution in [0.25, 0.3) is 6.08 Å². The fourth-order valence-electron chi connectivity index (χ4n) is 3.32. The Kier molecular flexibility index (Phi) is 8.04. The molecule has 1 amide bonds. The van der Waals surface area contributed by atoms with Crippen molar-refractivity contribution in [2.45, 2.75) is 11.8 Å². The number of allylic oxidation sites excluding steroid dienone is 1. The Morgan fingerprint density at radius 2 is 1.79 bits per heavy atom. The SMILES string of the molecule is Cc1ccc(S(=O)(=O)N2CCN(CC(=O)N/N=C/C=C/c3ccccc3[N+](=O)[O-])CC2)cc1. The summed E-state index contributed by atoms with van der Waals surface area (Å²) < 4.78 is 26.9. The molecule has 11 heteroatoms. The van der Waals surface area contributed by atoms with E-state index in [1.54, 1.807) is 42.5 Å². The molecule has 0 unspecified atom stereocenters. The van der Waals surface area contributed by atoms with Crippen LogP contribution < -0.4 is 5.43 Å². The molecule has 1 fully saturated rings. The van der Waals surface area contributed by atoms with Gasteiger partial charge in [0.25, 0.3) is 11.6 Å². The third-order valence-electron chi connectivity index (χ3n) is 5.12. The van der Waals surface area contributed by atoms with Gasteiger partial charge in [0.2, 0.25) is 10.0 Å². The molecule has 2 aromatic carbocycles. The fourth-order valence-corrected chi connectivity index (χ4v) is 4.74. The number of rotatable bonds is 8. The molecule has 10 nitrogen and oxygen atoms in total. The van der Waals surface area contributed by atoms with Gasteiger partial charge in [-0.15, -0.1) is 0 Å². The maximum Gasteiger partial charge on any atom is 0.276 e. The van der Waals surface area contributed by atoms with Gasteiger partial charge in [0.05, 0.1) is 21.9 Å². The molecule has 0 radical (unpaired) electrons. The third kappa shape index (κ3) is 6.54. The van der Waals surface area contributed by atoms with Gasteiger partial charge in [0.1, 0.15) is 0 Å². The molecule has 0 spiro atoms. The number of nitrogens with one attached hydrogen (secondary N) is 1. The van der Waals surface area contributed by atoms with Crippen molar-refractivity contribution in [1.29, 1.82) is 0 Å². The number of hydrogen-bond donors (Lipinski definition) is 1. The Hall–Kier alpha value is -3.41. The van der Waals surface area contributed by atoms with E-state index in [9.17, 15) is 23.3 Å². The Morgan fingerprint density at radius 3 is 2.45 bits per heavy atom. The van der Waals surface area contributed by atoms with E-state index < -0.39 is 14.9 Å². The number of hydrogen-bond acceptors (Lipinski definition) is 7. The molecule has 1 N–H and O–H groups in total. The van der Waals surface area contributed by atoms with Gasteiger partial charge in [0.15, 0.2) is 0 Å². The van der Waals surface area contributed by atoms with Crippen molar-refractivity contribution in [2.24, 2.45) is 5.10 Å². The summed E-state index contributed by atoms with van der Waals surface area (Å²) in [5, 5.41) is 14.8. The lowest BCUT2D eigenvalue weighted by atomic mass is 10.2. The Bertz CT molecular complexity index is 1150. The van der Waals surface area contributed by atoms with E-state index >= 15 is 0 Å². The number of sulfonamides is 1. The van der Waals surface area contributed by atoms with Crippen LogP contribution in [0.3, 0.4) is 0 Å². The summed E-state index contributed by atoms with van der Waals surface area (Å²) in [7, 11) is -3.55. The van der Waals surface area contributed by atoms with E-state index in [1.165, 1.54) is 28.7 Å². The molecule has 33 heavy (non-hydrogen) atoms. The summed E-state index contributed by atoms with van der Waals surface area (Å²) in [6.07, 6.45) is 4.36. The van der Waals surface area contributed by atoms with Gasteiger partial charge in [-0.2, -0.15) is 9.41 Å². The van der Waals surface area contributed by atoms with Crippen molar-refractivity contribution in [3.8, 4) is 0 Å². The first-order valence-corrected chi connectivity index (χ1v) is 11.7. The van der Waals surface area contributed by atoms with Crippen LogP contribution in [0.4, 0.5) is 5.69 Å². The van der Waals surface area contributed by atoms with Gasteiger partial charge < -0.3 is 0 Å². The van der Waals surface area contributed by atoms with Gasteiger partial charge in [-0.3, -0.25) is 19.8 Å². The van der Waals surface area contributed by atoms with Gasteiger partial charge >= 0.3 is 0 Å². The van der Waals surface area contributed by atoms with Crippen LogP contribution in [-0.4, -0.2) is 67.4 Å². The number of para-hydroxylation sites is 1. The van der Waals surface area contributed by atoms with Crippen molar-refractivity contribution in [3.05, 3.63) is 75.8 Å². The second-order valence-corrected chi connectivity index (χ2v) is 9.42. The lowest BCUT2D eigenvalue weighted by molar-refractivity contribution is -0.385. The second kappa shape index (κ2) is 10.9. The number of piperazine rings is 1. The molecule has 1 heterocycles. The quantitative estimate of drug-likeness (QED) is 0.357. The van der Waals surface area contributed by atoms with Crippen LogP contribution >= 0.6 is 0 Å². The summed E-state index contributed by atoms with van der Waals surface area (Å²) in [6, 6.07) is 13.0. The fraction of sp³-hybridized carbons (Fsp3) is 0.273. The summed E-state index contributed by atoms with van der Waals surface area (Å²) in [4.78, 5) is 24.8. The van der Waals surface area contributed by atoms with Gasteiger partial charge in [0, 0.05) is 38.5 Å². The molecular weight excluding hydrogens is 446 g/mol. The zero-order valence-corrected chi connectivity index (χ0v) is 18.9. The molecule has 0 aliphatic carbocycles. The van der Waals surface area contributed by atoms with E-state index in [-0.39, 0.29) is 23.0 Å². The van der Waals surface area contributed by atoms with E-state index in [1.807, 2.05) is 11.8 Å². The highest BCUT2D eigenvalue weighted by molar-refractivity contribution is 7.89. The summed E-state index contributed by atoms with van der Waals surface area (Å²) in [5.41, 5.74) is 3.80. The summed E-state index contributed by atoms with van der Waals surface area (Å²) >= 11 is 0. The molecule has 0 atom stereocenters. The topological polar surface area (TPSA) is 125 Å². The van der Waals surface area contributed by atoms with E-state index in [0.29, 0.717) is 31.7 Å². The average molecular weight is 472 g/mol. The number of aryl methyl sites for hydroxylation is 1. The number of amides is 1. The number of benzene rings is 2. The number of carbonyl (C=O) groups excluding carboxylic acids is 1. The van der Waals surface area contributed by atoms with Gasteiger partial charge in [-0.1, -0.05) is 29.8 Å². The van der Waals surface area contributed by atoms with Crippen molar-refractivity contribution in [1.82, 2.24) is 14.6 Å². The van der Waals surface area contributed by atoms with Crippen molar-refractivity contribution in [3.63, 3.8) is 0 Å². The number of hydrazone groups is 1. The van der Waals surface area contributed by atoms with Crippen molar-refractivity contribution >= 4 is 33.9 Å². The largest absolute Gasteiger partial charge is 0.292 e. The molecule has 0 saturated carbocycles. The van der Waals surface area contributed by atoms with Crippen LogP contribution in [0.2, 0.25) is 0 Å². The van der Waals surface area contributed by atoms with Gasteiger partial charge in [-0.05, 0) is 37.3 Å². The number of nitrogens with zero attached hydrogens (tertiary/aromatic N) is 4. The Balaban J connectivity index is 1.45. The smallest absolute Gasteiger partial charge is 0.276 e. The van der Waals surface area contributed by atoms with E-state index in [2.05, 4.69) is 10.5 Å². The van der Waals surface area contributed by atoms with Crippen molar-refractivity contribution < 1.29 is 18.1 Å². The number of nitro groups is 1. The standard InChI is InChI=1S/C22H25N5O5S/c1-18-8-10-20(11-9-18)33(31,32)26-15-13-25(14-16-26)17-22(28)24-23-12-4-6-19-5-2-3-7-21(19)27(29)30/h2-12H,13-17H2,1H3,(H,24,28)/b6-4+,23-12+.